The van der Waals surface area contributed by atoms with Crippen molar-refractivity contribution in [2.24, 2.45) is 5.92 Å². The molecule has 1 aliphatic rings. The molecule has 1 fully saturated rings. The number of hydrogen-bond acceptors (Lipinski definition) is 4. The van der Waals surface area contributed by atoms with Crippen LogP contribution in [0.3, 0.4) is 0 Å². The lowest BCUT2D eigenvalue weighted by atomic mass is 9.98. The molecule has 130 valence electrons. The summed E-state index contributed by atoms with van der Waals surface area (Å²) >= 11 is 0. The van der Waals surface area contributed by atoms with Gasteiger partial charge in [-0.25, -0.2) is 9.78 Å². The van der Waals surface area contributed by atoms with Crippen LogP contribution in [0, 0.1) is 5.92 Å². The number of carbonyl (C=O) groups is 1. The van der Waals surface area contributed by atoms with Crippen LogP contribution in [-0.4, -0.2) is 35.7 Å². The highest BCUT2D eigenvalue weighted by Crippen LogP contribution is 2.21. The Morgan fingerprint density at radius 3 is 2.84 bits per heavy atom. The molecular formula is C20H23N3O2. The van der Waals surface area contributed by atoms with Crippen LogP contribution in [0.4, 0.5) is 5.82 Å². The summed E-state index contributed by atoms with van der Waals surface area (Å²) in [5.41, 5.74) is 2.69. The Balaban J connectivity index is 1.70. The standard InChI is InChI=1S/C20H23N3O2/c24-20(25)8-7-15-3-1-4-17(13-15)18-5-2-6-19(23-18)22-14-16-9-11-21-12-10-16/h1-8,13,16,21H,9-12,14H2,(H,22,23)(H,24,25)/b8-7+. The molecule has 5 heteroatoms. The third-order valence-electron chi connectivity index (χ3n) is 4.38. The predicted octanol–water partition coefficient (Wildman–Crippen LogP) is 3.26. The van der Waals surface area contributed by atoms with E-state index in [0.717, 1.165) is 48.3 Å². The van der Waals surface area contributed by atoms with E-state index < -0.39 is 5.97 Å². The van der Waals surface area contributed by atoms with E-state index in [1.807, 2.05) is 42.5 Å². The van der Waals surface area contributed by atoms with E-state index in [0.29, 0.717) is 5.92 Å². The van der Waals surface area contributed by atoms with Gasteiger partial charge in [0, 0.05) is 18.2 Å². The fraction of sp³-hybridized carbons (Fsp3) is 0.300. The topological polar surface area (TPSA) is 74.2 Å². The van der Waals surface area contributed by atoms with E-state index in [1.54, 1.807) is 6.08 Å². The molecule has 5 nitrogen and oxygen atoms in total. The summed E-state index contributed by atoms with van der Waals surface area (Å²) in [6.45, 7) is 3.13. The summed E-state index contributed by atoms with van der Waals surface area (Å²) in [7, 11) is 0. The van der Waals surface area contributed by atoms with Crippen LogP contribution in [0.5, 0.6) is 0 Å². The first-order valence-corrected chi connectivity index (χ1v) is 8.64. The molecule has 0 atom stereocenters. The number of pyridine rings is 1. The normalized spacial score (nSPS) is 15.4. The smallest absolute Gasteiger partial charge is 0.328 e. The fourth-order valence-electron chi connectivity index (χ4n) is 3.00. The van der Waals surface area contributed by atoms with Crippen molar-refractivity contribution in [2.45, 2.75) is 12.8 Å². The number of carboxylic acid groups (broad SMARTS) is 1. The van der Waals surface area contributed by atoms with E-state index in [2.05, 4.69) is 10.6 Å². The molecule has 0 amide bonds. The van der Waals surface area contributed by atoms with Gasteiger partial charge in [0.15, 0.2) is 0 Å². The fourth-order valence-corrected chi connectivity index (χ4v) is 3.00. The number of hydrogen-bond donors (Lipinski definition) is 3. The summed E-state index contributed by atoms with van der Waals surface area (Å²) in [4.78, 5) is 15.4. The number of piperidine rings is 1. The van der Waals surface area contributed by atoms with Gasteiger partial charge in [-0.05, 0) is 61.7 Å². The lowest BCUT2D eigenvalue weighted by molar-refractivity contribution is -0.131. The third kappa shape index (κ3) is 5.16. The molecular weight excluding hydrogens is 314 g/mol. The molecule has 0 radical (unpaired) electrons. The second-order valence-corrected chi connectivity index (χ2v) is 6.28. The summed E-state index contributed by atoms with van der Waals surface area (Å²) in [5, 5.41) is 15.6. The largest absolute Gasteiger partial charge is 0.478 e. The summed E-state index contributed by atoms with van der Waals surface area (Å²) < 4.78 is 0. The van der Waals surface area contributed by atoms with Gasteiger partial charge < -0.3 is 15.7 Å². The maximum absolute atomic E-state index is 10.7. The SMILES string of the molecule is O=C(O)/C=C/c1cccc(-c2cccc(NCC3CCNCC3)n2)c1. The Kier molecular flexibility index (Phi) is 5.80. The third-order valence-corrected chi connectivity index (χ3v) is 4.38. The second-order valence-electron chi connectivity index (χ2n) is 6.28. The van der Waals surface area contributed by atoms with Crippen LogP contribution >= 0.6 is 0 Å². The molecule has 2 aromatic rings. The molecule has 3 N–H and O–H groups in total. The molecule has 1 aromatic carbocycles. The molecule has 1 saturated heterocycles. The number of carboxylic acids is 1. The molecule has 2 heterocycles. The Bertz CT molecular complexity index is 752. The minimum absolute atomic E-state index is 0.691. The summed E-state index contributed by atoms with van der Waals surface area (Å²) in [6.07, 6.45) is 5.13. The van der Waals surface area contributed by atoms with Crippen LogP contribution in [0.1, 0.15) is 18.4 Å². The Hall–Kier alpha value is -2.66. The van der Waals surface area contributed by atoms with Gasteiger partial charge in [0.1, 0.15) is 5.82 Å². The lowest BCUT2D eigenvalue weighted by Gasteiger charge is -2.23. The van der Waals surface area contributed by atoms with Crippen molar-refractivity contribution in [1.29, 1.82) is 0 Å². The highest BCUT2D eigenvalue weighted by molar-refractivity contribution is 5.85. The van der Waals surface area contributed by atoms with Gasteiger partial charge in [-0.1, -0.05) is 24.3 Å². The Morgan fingerprint density at radius 2 is 2.04 bits per heavy atom. The Labute approximate surface area is 147 Å². The van der Waals surface area contributed by atoms with E-state index in [-0.39, 0.29) is 0 Å². The van der Waals surface area contributed by atoms with Crippen molar-refractivity contribution in [2.75, 3.05) is 25.0 Å². The number of benzene rings is 1. The van der Waals surface area contributed by atoms with Gasteiger partial charge in [0.25, 0.3) is 0 Å². The van der Waals surface area contributed by atoms with E-state index in [9.17, 15) is 4.79 Å². The first-order chi connectivity index (χ1) is 12.2. The zero-order chi connectivity index (χ0) is 17.5. The molecule has 0 saturated carbocycles. The van der Waals surface area contributed by atoms with Crippen molar-refractivity contribution in [1.82, 2.24) is 10.3 Å². The van der Waals surface area contributed by atoms with Crippen molar-refractivity contribution >= 4 is 17.9 Å². The van der Waals surface area contributed by atoms with Crippen molar-refractivity contribution < 1.29 is 9.90 Å². The van der Waals surface area contributed by atoms with Gasteiger partial charge in [-0.15, -0.1) is 0 Å². The number of aromatic nitrogens is 1. The van der Waals surface area contributed by atoms with Gasteiger partial charge in [0.05, 0.1) is 5.69 Å². The monoisotopic (exact) mass is 337 g/mol. The first-order valence-electron chi connectivity index (χ1n) is 8.64. The number of anilines is 1. The maximum Gasteiger partial charge on any atom is 0.328 e. The second kappa shape index (κ2) is 8.44. The maximum atomic E-state index is 10.7. The minimum atomic E-state index is -0.951. The zero-order valence-corrected chi connectivity index (χ0v) is 14.1. The quantitative estimate of drug-likeness (QED) is 0.706. The molecule has 0 unspecified atom stereocenters. The van der Waals surface area contributed by atoms with E-state index in [4.69, 9.17) is 10.1 Å². The molecule has 0 bridgehead atoms. The van der Waals surface area contributed by atoms with Crippen molar-refractivity contribution in [3.8, 4) is 11.3 Å². The Morgan fingerprint density at radius 1 is 1.24 bits per heavy atom. The van der Waals surface area contributed by atoms with Crippen LogP contribution in [0.15, 0.2) is 48.5 Å². The van der Waals surface area contributed by atoms with Crippen LogP contribution in [0.2, 0.25) is 0 Å². The number of nitrogens with zero attached hydrogens (tertiary/aromatic N) is 1. The summed E-state index contributed by atoms with van der Waals surface area (Å²) in [6, 6.07) is 13.7. The number of aliphatic carboxylic acids is 1. The molecule has 0 spiro atoms. The molecule has 25 heavy (non-hydrogen) atoms. The van der Waals surface area contributed by atoms with Crippen LogP contribution in [-0.2, 0) is 4.79 Å². The average molecular weight is 337 g/mol. The predicted molar refractivity (Wildman–Crippen MR) is 100 cm³/mol. The lowest BCUT2D eigenvalue weighted by Crippen LogP contribution is -2.31. The molecule has 1 aliphatic heterocycles. The minimum Gasteiger partial charge on any atom is -0.478 e. The molecule has 1 aromatic heterocycles. The average Bonchev–Trinajstić information content (AvgIpc) is 2.66. The van der Waals surface area contributed by atoms with E-state index in [1.165, 1.54) is 12.8 Å². The zero-order valence-electron chi connectivity index (χ0n) is 14.1. The van der Waals surface area contributed by atoms with Gasteiger partial charge in [0.2, 0.25) is 0 Å². The van der Waals surface area contributed by atoms with Gasteiger partial charge in [-0.2, -0.15) is 0 Å². The highest BCUT2D eigenvalue weighted by atomic mass is 16.4. The van der Waals surface area contributed by atoms with Gasteiger partial charge >= 0.3 is 5.97 Å². The van der Waals surface area contributed by atoms with Crippen LogP contribution < -0.4 is 10.6 Å². The van der Waals surface area contributed by atoms with Gasteiger partial charge in [-0.3, -0.25) is 0 Å². The number of nitrogens with one attached hydrogen (secondary N) is 2. The highest BCUT2D eigenvalue weighted by Gasteiger charge is 2.12. The van der Waals surface area contributed by atoms with Crippen LogP contribution in [0.25, 0.3) is 17.3 Å². The van der Waals surface area contributed by atoms with Crippen molar-refractivity contribution in [3.63, 3.8) is 0 Å². The summed E-state index contributed by atoms with van der Waals surface area (Å²) in [5.74, 6) is 0.617. The molecule has 3 rings (SSSR count). The number of rotatable bonds is 6. The van der Waals surface area contributed by atoms with Crippen molar-refractivity contribution in [3.05, 3.63) is 54.1 Å². The first kappa shape index (κ1) is 17.2. The molecule has 0 aliphatic carbocycles. The van der Waals surface area contributed by atoms with E-state index >= 15 is 0 Å².